The molecule has 0 aromatic rings. The molecular weight excluding hydrogens is 238 g/mol. The first-order valence-electron chi connectivity index (χ1n) is 6.63. The van der Waals surface area contributed by atoms with Crippen molar-refractivity contribution in [2.75, 3.05) is 6.54 Å². The second-order valence-corrected chi connectivity index (χ2v) is 3.59. The van der Waals surface area contributed by atoms with Crippen LogP contribution in [-0.4, -0.2) is 18.7 Å². The maximum atomic E-state index is 11.5. The van der Waals surface area contributed by atoms with Crippen LogP contribution in [0, 0.1) is 5.92 Å². The Labute approximate surface area is 118 Å². The van der Waals surface area contributed by atoms with Gasteiger partial charge in [-0.05, 0) is 19.8 Å². The molecule has 1 unspecified atom stereocenters. The van der Waals surface area contributed by atoms with Crippen LogP contribution in [0.4, 0.5) is 0 Å². The normalized spacial score (nSPS) is 11.5. The number of carbonyl (C=O) groups is 2. The van der Waals surface area contributed by atoms with Crippen LogP contribution in [0.3, 0.4) is 0 Å². The van der Waals surface area contributed by atoms with Gasteiger partial charge in [0.25, 0.3) is 0 Å². The van der Waals surface area contributed by atoms with Crippen LogP contribution in [-0.2, 0) is 9.59 Å². The number of allylic oxidation sites excluding steroid dienone is 3. The second-order valence-electron chi connectivity index (χ2n) is 3.59. The molecule has 0 spiro atoms. The van der Waals surface area contributed by atoms with Crippen molar-refractivity contribution < 1.29 is 9.59 Å². The quantitative estimate of drug-likeness (QED) is 0.345. The van der Waals surface area contributed by atoms with E-state index in [0.717, 1.165) is 6.29 Å². The molecule has 0 fully saturated rings. The summed E-state index contributed by atoms with van der Waals surface area (Å²) in [6.07, 6.45) is 6.81. The van der Waals surface area contributed by atoms with Crippen molar-refractivity contribution in [2.45, 2.75) is 41.0 Å². The highest BCUT2D eigenvalue weighted by molar-refractivity contribution is 5.93. The SMILES string of the molecule is C/C=C\C=C(/C)C(=O)NCC(C)CC=O.C=C.CC. The summed E-state index contributed by atoms with van der Waals surface area (Å²) in [6.45, 7) is 16.1. The molecule has 0 saturated carbocycles. The van der Waals surface area contributed by atoms with Gasteiger partial charge in [-0.2, -0.15) is 0 Å². The maximum Gasteiger partial charge on any atom is 0.246 e. The minimum atomic E-state index is -0.0779. The third-order valence-corrected chi connectivity index (χ3v) is 2.01. The van der Waals surface area contributed by atoms with Crippen LogP contribution < -0.4 is 5.32 Å². The molecule has 0 aliphatic rings. The van der Waals surface area contributed by atoms with Gasteiger partial charge in [-0.3, -0.25) is 4.79 Å². The van der Waals surface area contributed by atoms with E-state index in [0.29, 0.717) is 18.5 Å². The highest BCUT2D eigenvalue weighted by Crippen LogP contribution is 1.98. The molecule has 1 amide bonds. The number of nitrogens with one attached hydrogen (secondary N) is 1. The first-order valence-corrected chi connectivity index (χ1v) is 6.63. The summed E-state index contributed by atoms with van der Waals surface area (Å²) in [6, 6.07) is 0. The minimum absolute atomic E-state index is 0.0779. The molecule has 0 rings (SSSR count). The fourth-order valence-corrected chi connectivity index (χ4v) is 0.970. The van der Waals surface area contributed by atoms with Gasteiger partial charge < -0.3 is 10.1 Å². The van der Waals surface area contributed by atoms with Gasteiger partial charge in [-0.25, -0.2) is 0 Å². The fraction of sp³-hybridized carbons (Fsp3) is 0.500. The Balaban J connectivity index is -0.000000579. The third kappa shape index (κ3) is 16.4. The van der Waals surface area contributed by atoms with Gasteiger partial charge in [-0.15, -0.1) is 13.2 Å². The Bertz CT molecular complexity index is 280. The van der Waals surface area contributed by atoms with Crippen molar-refractivity contribution in [3.63, 3.8) is 0 Å². The molecule has 3 nitrogen and oxygen atoms in total. The van der Waals surface area contributed by atoms with E-state index in [1.807, 2.05) is 39.8 Å². The Kier molecular flexibility index (Phi) is 22.2. The summed E-state index contributed by atoms with van der Waals surface area (Å²) in [5.74, 6) is 0.117. The summed E-state index contributed by atoms with van der Waals surface area (Å²) in [4.78, 5) is 21.7. The molecule has 0 aromatic carbocycles. The molecular formula is C16H29NO2. The predicted molar refractivity (Wildman–Crippen MR) is 84.0 cm³/mol. The lowest BCUT2D eigenvalue weighted by molar-refractivity contribution is -0.118. The summed E-state index contributed by atoms with van der Waals surface area (Å²) >= 11 is 0. The summed E-state index contributed by atoms with van der Waals surface area (Å²) < 4.78 is 0. The van der Waals surface area contributed by atoms with E-state index >= 15 is 0 Å². The highest BCUT2D eigenvalue weighted by Gasteiger charge is 2.05. The Morgan fingerprint density at radius 1 is 1.32 bits per heavy atom. The Hall–Kier alpha value is -1.64. The molecule has 0 radical (unpaired) electrons. The molecule has 0 bridgehead atoms. The number of hydrogen-bond acceptors (Lipinski definition) is 2. The van der Waals surface area contributed by atoms with Crippen LogP contribution in [0.2, 0.25) is 0 Å². The zero-order chi connectivity index (χ0) is 15.7. The van der Waals surface area contributed by atoms with Crippen LogP contribution in [0.25, 0.3) is 0 Å². The average Bonchev–Trinajstić information content (AvgIpc) is 2.46. The number of carbonyl (C=O) groups excluding carboxylic acids is 2. The molecule has 3 heteroatoms. The molecule has 0 aliphatic carbocycles. The van der Waals surface area contributed by atoms with Gasteiger partial charge in [0.15, 0.2) is 0 Å². The van der Waals surface area contributed by atoms with Crippen LogP contribution in [0.15, 0.2) is 37.0 Å². The molecule has 0 heterocycles. The van der Waals surface area contributed by atoms with Crippen molar-refractivity contribution in [3.8, 4) is 0 Å². The smallest absolute Gasteiger partial charge is 0.246 e. The summed E-state index contributed by atoms with van der Waals surface area (Å²) in [5, 5.41) is 2.78. The van der Waals surface area contributed by atoms with Gasteiger partial charge in [-0.1, -0.05) is 39.0 Å². The van der Waals surface area contributed by atoms with Crippen molar-refractivity contribution in [3.05, 3.63) is 37.0 Å². The molecule has 1 N–H and O–H groups in total. The van der Waals surface area contributed by atoms with E-state index < -0.39 is 0 Å². The largest absolute Gasteiger partial charge is 0.352 e. The lowest BCUT2D eigenvalue weighted by Crippen LogP contribution is -2.28. The van der Waals surface area contributed by atoms with Crippen molar-refractivity contribution in [1.82, 2.24) is 5.32 Å². The van der Waals surface area contributed by atoms with Crippen LogP contribution in [0.5, 0.6) is 0 Å². The van der Waals surface area contributed by atoms with E-state index in [9.17, 15) is 9.59 Å². The van der Waals surface area contributed by atoms with E-state index in [1.165, 1.54) is 0 Å². The average molecular weight is 267 g/mol. The highest BCUT2D eigenvalue weighted by atomic mass is 16.1. The van der Waals surface area contributed by atoms with Gasteiger partial charge in [0.05, 0.1) is 0 Å². The second kappa shape index (κ2) is 18.7. The number of rotatable bonds is 6. The van der Waals surface area contributed by atoms with Gasteiger partial charge in [0.2, 0.25) is 5.91 Å². The fourth-order valence-electron chi connectivity index (χ4n) is 0.970. The molecule has 19 heavy (non-hydrogen) atoms. The lowest BCUT2D eigenvalue weighted by atomic mass is 10.1. The number of hydrogen-bond donors (Lipinski definition) is 1. The van der Waals surface area contributed by atoms with Crippen molar-refractivity contribution >= 4 is 12.2 Å². The molecule has 0 aliphatic heterocycles. The number of aldehydes is 1. The zero-order valence-electron chi connectivity index (χ0n) is 13.0. The molecule has 110 valence electrons. The van der Waals surface area contributed by atoms with E-state index in [2.05, 4.69) is 18.5 Å². The lowest BCUT2D eigenvalue weighted by Gasteiger charge is -2.09. The predicted octanol–water partition coefficient (Wildman–Crippen LogP) is 3.68. The van der Waals surface area contributed by atoms with Gasteiger partial charge in [0, 0.05) is 18.5 Å². The molecule has 0 saturated heterocycles. The first-order chi connectivity index (χ1) is 9.11. The molecule has 1 atom stereocenters. The van der Waals surface area contributed by atoms with E-state index in [1.54, 1.807) is 13.0 Å². The Morgan fingerprint density at radius 3 is 2.26 bits per heavy atom. The van der Waals surface area contributed by atoms with Crippen molar-refractivity contribution in [2.24, 2.45) is 5.92 Å². The van der Waals surface area contributed by atoms with E-state index in [4.69, 9.17) is 0 Å². The topological polar surface area (TPSA) is 46.2 Å². The van der Waals surface area contributed by atoms with Crippen molar-refractivity contribution in [1.29, 1.82) is 0 Å². The minimum Gasteiger partial charge on any atom is -0.352 e. The van der Waals surface area contributed by atoms with Crippen LogP contribution in [0.1, 0.15) is 41.0 Å². The number of amides is 1. The summed E-state index contributed by atoms with van der Waals surface area (Å²) in [5.41, 5.74) is 0.673. The van der Waals surface area contributed by atoms with Gasteiger partial charge in [0.1, 0.15) is 6.29 Å². The standard InChI is InChI=1S/C12H19NO2.C2H6.C2H4/c1-4-5-6-11(3)12(15)13-9-10(2)7-8-14;2*1-2/h4-6,8,10H,7,9H2,1-3H3,(H,13,15);1-2H3;1-2H2/b5-4-,11-6+;;. The first kappa shape index (κ1) is 22.5. The maximum absolute atomic E-state index is 11.5. The Morgan fingerprint density at radius 2 is 1.84 bits per heavy atom. The summed E-state index contributed by atoms with van der Waals surface area (Å²) in [7, 11) is 0. The monoisotopic (exact) mass is 267 g/mol. The third-order valence-electron chi connectivity index (χ3n) is 2.01. The van der Waals surface area contributed by atoms with Gasteiger partial charge >= 0.3 is 0 Å². The van der Waals surface area contributed by atoms with Crippen LogP contribution >= 0.6 is 0 Å². The van der Waals surface area contributed by atoms with E-state index in [-0.39, 0.29) is 11.8 Å². The zero-order valence-corrected chi connectivity index (χ0v) is 13.0. The molecule has 0 aromatic heterocycles.